The smallest absolute Gasteiger partial charge is 0.235 e. The van der Waals surface area contributed by atoms with Gasteiger partial charge >= 0.3 is 0 Å². The first-order valence-corrected chi connectivity index (χ1v) is 8.58. The van der Waals surface area contributed by atoms with Gasteiger partial charge in [-0.3, -0.25) is 9.36 Å². The molecule has 2 heterocycles. The quantitative estimate of drug-likeness (QED) is 0.701. The minimum atomic E-state index is 0.124. The molecule has 0 radical (unpaired) electrons. The number of nitrogens with zero attached hydrogens (tertiary/aromatic N) is 2. The van der Waals surface area contributed by atoms with Crippen LogP contribution in [0.15, 0.2) is 48.5 Å². The van der Waals surface area contributed by atoms with Crippen LogP contribution in [0.5, 0.6) is 0 Å². The molecular weight excluding hydrogens is 320 g/mol. The van der Waals surface area contributed by atoms with E-state index in [4.69, 9.17) is 11.6 Å². The topological polar surface area (TPSA) is 25.2 Å². The lowest BCUT2D eigenvalue weighted by Gasteiger charge is -2.23. The molecule has 0 fully saturated rings. The molecule has 1 aliphatic heterocycles. The van der Waals surface area contributed by atoms with Gasteiger partial charge in [-0.1, -0.05) is 41.9 Å². The third-order valence-corrected chi connectivity index (χ3v) is 4.98. The predicted molar refractivity (Wildman–Crippen MR) is 97.8 cm³/mol. The predicted octanol–water partition coefficient (Wildman–Crippen LogP) is 4.17. The van der Waals surface area contributed by atoms with E-state index in [1.165, 1.54) is 5.56 Å². The molecule has 0 N–H and O–H groups in total. The summed E-state index contributed by atoms with van der Waals surface area (Å²) in [6, 6.07) is 15.7. The summed E-state index contributed by atoms with van der Waals surface area (Å²) in [5.41, 5.74) is 4.40. The third kappa shape index (κ3) is 2.64. The Morgan fingerprint density at radius 1 is 1.17 bits per heavy atom. The zero-order chi connectivity index (χ0) is 16.7. The Morgan fingerprint density at radius 3 is 2.75 bits per heavy atom. The molecule has 0 amide bonds. The fraction of sp³-hybridized carbons (Fsp3) is 0.250. The molecule has 0 aliphatic carbocycles. The van der Waals surface area contributed by atoms with Crippen LogP contribution in [0.25, 0.3) is 10.9 Å². The van der Waals surface area contributed by atoms with Crippen molar-refractivity contribution in [1.82, 2.24) is 9.47 Å². The minimum Gasteiger partial charge on any atom is -0.302 e. The molecule has 0 bridgehead atoms. The number of fused-ring (bicyclic) bond motifs is 3. The molecule has 0 unspecified atom stereocenters. The highest BCUT2D eigenvalue weighted by Crippen LogP contribution is 2.32. The zero-order valence-corrected chi connectivity index (χ0v) is 14.4. The molecule has 3 aromatic rings. The number of carbonyl (C=O) groups excluding carboxylic acids is 1. The molecule has 122 valence electrons. The summed E-state index contributed by atoms with van der Waals surface area (Å²) in [4.78, 5) is 15.3. The van der Waals surface area contributed by atoms with E-state index in [9.17, 15) is 4.79 Å². The molecule has 2 aromatic carbocycles. The third-order valence-electron chi connectivity index (χ3n) is 4.75. The zero-order valence-electron chi connectivity index (χ0n) is 13.6. The Labute approximate surface area is 146 Å². The number of halogens is 1. The van der Waals surface area contributed by atoms with E-state index >= 15 is 0 Å². The number of hydrogen-bond donors (Lipinski definition) is 0. The fourth-order valence-electron chi connectivity index (χ4n) is 3.60. The lowest BCUT2D eigenvalue weighted by molar-refractivity contribution is 0.0914. The standard InChI is InChI=1S/C20H19ClN2O/c1-22-10-9-19-17(13-22)16-12-15(21)7-8-18(16)23(19)20(24)11-14-5-3-2-4-6-14/h2-8,12H,9-11,13H2,1H3. The second-order valence-corrected chi connectivity index (χ2v) is 6.90. The fourth-order valence-corrected chi connectivity index (χ4v) is 3.77. The highest BCUT2D eigenvalue weighted by Gasteiger charge is 2.25. The molecule has 0 saturated heterocycles. The van der Waals surface area contributed by atoms with Crippen molar-refractivity contribution in [2.24, 2.45) is 0 Å². The van der Waals surface area contributed by atoms with Crippen molar-refractivity contribution in [3.63, 3.8) is 0 Å². The maximum absolute atomic E-state index is 13.0. The SMILES string of the molecule is CN1CCc2c(c3cc(Cl)ccc3n2C(=O)Cc2ccccc2)C1. The molecule has 0 atom stereocenters. The number of aromatic nitrogens is 1. The molecule has 4 rings (SSSR count). The van der Waals surface area contributed by atoms with Crippen LogP contribution in [0.1, 0.15) is 21.6 Å². The molecule has 0 saturated carbocycles. The number of likely N-dealkylation sites (N-methyl/N-ethyl adjacent to an activating group) is 1. The Balaban J connectivity index is 1.84. The highest BCUT2D eigenvalue weighted by molar-refractivity contribution is 6.31. The van der Waals surface area contributed by atoms with E-state index in [2.05, 4.69) is 11.9 Å². The van der Waals surface area contributed by atoms with E-state index in [0.29, 0.717) is 11.4 Å². The first-order chi connectivity index (χ1) is 11.6. The van der Waals surface area contributed by atoms with Gasteiger partial charge in [-0.2, -0.15) is 0 Å². The average Bonchev–Trinajstić information content (AvgIpc) is 2.89. The van der Waals surface area contributed by atoms with Crippen LogP contribution in [-0.4, -0.2) is 29.0 Å². The van der Waals surface area contributed by atoms with Gasteiger partial charge in [0.05, 0.1) is 11.9 Å². The number of hydrogen-bond acceptors (Lipinski definition) is 2. The van der Waals surface area contributed by atoms with Crippen molar-refractivity contribution in [3.05, 3.63) is 70.4 Å². The molecule has 4 heteroatoms. The molecule has 3 nitrogen and oxygen atoms in total. The van der Waals surface area contributed by atoms with Crippen molar-refractivity contribution in [2.45, 2.75) is 19.4 Å². The molecule has 0 spiro atoms. The maximum atomic E-state index is 13.0. The average molecular weight is 339 g/mol. The Kier molecular flexibility index (Phi) is 3.91. The van der Waals surface area contributed by atoms with Crippen LogP contribution >= 0.6 is 11.6 Å². The van der Waals surface area contributed by atoms with Crippen LogP contribution < -0.4 is 0 Å². The Morgan fingerprint density at radius 2 is 1.96 bits per heavy atom. The second kappa shape index (κ2) is 6.08. The van der Waals surface area contributed by atoms with Crippen molar-refractivity contribution in [1.29, 1.82) is 0 Å². The summed E-state index contributed by atoms with van der Waals surface area (Å²) in [5, 5.41) is 1.82. The van der Waals surface area contributed by atoms with Gasteiger partial charge in [0.2, 0.25) is 5.91 Å². The Hall–Kier alpha value is -2.10. The van der Waals surface area contributed by atoms with Crippen LogP contribution in [0.4, 0.5) is 0 Å². The van der Waals surface area contributed by atoms with E-state index < -0.39 is 0 Å². The monoisotopic (exact) mass is 338 g/mol. The molecule has 24 heavy (non-hydrogen) atoms. The van der Waals surface area contributed by atoms with Gasteiger partial charge in [0.15, 0.2) is 0 Å². The summed E-state index contributed by atoms with van der Waals surface area (Å²) in [6.07, 6.45) is 1.30. The van der Waals surface area contributed by atoms with E-state index in [1.54, 1.807) is 0 Å². The van der Waals surface area contributed by atoms with Gasteiger partial charge in [-0.15, -0.1) is 0 Å². The van der Waals surface area contributed by atoms with Crippen molar-refractivity contribution >= 4 is 28.4 Å². The van der Waals surface area contributed by atoms with E-state index in [0.717, 1.165) is 41.7 Å². The summed E-state index contributed by atoms with van der Waals surface area (Å²) in [7, 11) is 2.11. The van der Waals surface area contributed by atoms with Crippen molar-refractivity contribution < 1.29 is 4.79 Å². The van der Waals surface area contributed by atoms with Crippen molar-refractivity contribution in [2.75, 3.05) is 13.6 Å². The largest absolute Gasteiger partial charge is 0.302 e. The van der Waals surface area contributed by atoms with E-state index in [-0.39, 0.29) is 5.91 Å². The van der Waals surface area contributed by atoms with Gasteiger partial charge in [-0.05, 0) is 36.4 Å². The first-order valence-electron chi connectivity index (χ1n) is 8.21. The second-order valence-electron chi connectivity index (χ2n) is 6.47. The van der Waals surface area contributed by atoms with Gasteiger partial charge in [-0.25, -0.2) is 0 Å². The van der Waals surface area contributed by atoms with Gasteiger partial charge in [0.1, 0.15) is 0 Å². The highest BCUT2D eigenvalue weighted by atomic mass is 35.5. The minimum absolute atomic E-state index is 0.124. The van der Waals surface area contributed by atoms with Crippen molar-refractivity contribution in [3.8, 4) is 0 Å². The van der Waals surface area contributed by atoms with Crippen LogP contribution in [-0.2, 0) is 19.4 Å². The van der Waals surface area contributed by atoms with E-state index in [1.807, 2.05) is 53.1 Å². The lowest BCUT2D eigenvalue weighted by atomic mass is 10.0. The molecular formula is C20H19ClN2O. The summed E-state index contributed by atoms with van der Waals surface area (Å²) in [6.45, 7) is 1.83. The first kappa shape index (κ1) is 15.4. The van der Waals surface area contributed by atoms with Crippen LogP contribution in [0.2, 0.25) is 5.02 Å². The van der Waals surface area contributed by atoms with Gasteiger partial charge < -0.3 is 4.90 Å². The molecule has 1 aromatic heterocycles. The summed E-state index contributed by atoms with van der Waals surface area (Å²) >= 11 is 6.21. The number of rotatable bonds is 2. The summed E-state index contributed by atoms with van der Waals surface area (Å²) in [5.74, 6) is 0.124. The number of benzene rings is 2. The Bertz CT molecular complexity index is 914. The van der Waals surface area contributed by atoms with Gasteiger partial charge in [0, 0.05) is 35.6 Å². The lowest BCUT2D eigenvalue weighted by Crippen LogP contribution is -2.28. The molecule has 1 aliphatic rings. The van der Waals surface area contributed by atoms with Crippen LogP contribution in [0.3, 0.4) is 0 Å². The summed E-state index contributed by atoms with van der Waals surface area (Å²) < 4.78 is 1.92. The maximum Gasteiger partial charge on any atom is 0.235 e. The number of carbonyl (C=O) groups is 1. The van der Waals surface area contributed by atoms with Crippen LogP contribution in [0, 0.1) is 0 Å². The normalized spacial score (nSPS) is 14.8. The van der Waals surface area contributed by atoms with Gasteiger partial charge in [0.25, 0.3) is 0 Å².